The predicted octanol–water partition coefficient (Wildman–Crippen LogP) is 3.67. The third kappa shape index (κ3) is 3.67. The van der Waals surface area contributed by atoms with E-state index in [1.165, 1.54) is 24.3 Å². The molecule has 5 nitrogen and oxygen atoms in total. The minimum atomic E-state index is -4.76. The molecule has 0 radical (unpaired) electrons. The Morgan fingerprint density at radius 2 is 1.65 bits per heavy atom. The SMILES string of the molecule is O=C(O)c1ccc(Oc2ccc(OC(F)(F)F)cc2)o1. The van der Waals surface area contributed by atoms with Gasteiger partial charge in [-0.05, 0) is 30.3 Å². The Balaban J connectivity index is 2.04. The average Bonchev–Trinajstić information content (AvgIpc) is 2.78. The van der Waals surface area contributed by atoms with Gasteiger partial charge in [0.25, 0.3) is 5.95 Å². The van der Waals surface area contributed by atoms with Crippen LogP contribution >= 0.6 is 0 Å². The van der Waals surface area contributed by atoms with E-state index in [0.717, 1.165) is 12.1 Å². The van der Waals surface area contributed by atoms with E-state index < -0.39 is 18.1 Å². The Hall–Kier alpha value is -2.64. The van der Waals surface area contributed by atoms with Crippen molar-refractivity contribution in [1.29, 1.82) is 0 Å². The van der Waals surface area contributed by atoms with Crippen LogP contribution in [0.15, 0.2) is 40.8 Å². The summed E-state index contributed by atoms with van der Waals surface area (Å²) in [6.45, 7) is 0. The molecule has 1 aromatic heterocycles. The minimum Gasteiger partial charge on any atom is -0.475 e. The van der Waals surface area contributed by atoms with Gasteiger partial charge in [0.1, 0.15) is 11.5 Å². The zero-order chi connectivity index (χ0) is 14.8. The van der Waals surface area contributed by atoms with Gasteiger partial charge >= 0.3 is 12.3 Å². The highest BCUT2D eigenvalue weighted by molar-refractivity contribution is 5.84. The summed E-state index contributed by atoms with van der Waals surface area (Å²) in [6.07, 6.45) is -4.76. The van der Waals surface area contributed by atoms with E-state index >= 15 is 0 Å². The van der Waals surface area contributed by atoms with Crippen LogP contribution < -0.4 is 9.47 Å². The smallest absolute Gasteiger partial charge is 0.475 e. The van der Waals surface area contributed by atoms with Crippen molar-refractivity contribution in [2.75, 3.05) is 0 Å². The van der Waals surface area contributed by atoms with Crippen molar-refractivity contribution >= 4 is 5.97 Å². The van der Waals surface area contributed by atoms with E-state index in [9.17, 15) is 18.0 Å². The maximum absolute atomic E-state index is 11.9. The first-order chi connectivity index (χ1) is 9.33. The lowest BCUT2D eigenvalue weighted by molar-refractivity contribution is -0.274. The molecule has 2 rings (SSSR count). The molecule has 20 heavy (non-hydrogen) atoms. The number of hydrogen-bond donors (Lipinski definition) is 1. The number of carbonyl (C=O) groups is 1. The number of carboxylic acids is 1. The fourth-order valence-electron chi connectivity index (χ4n) is 1.32. The first kappa shape index (κ1) is 13.8. The third-order valence-electron chi connectivity index (χ3n) is 2.07. The summed E-state index contributed by atoms with van der Waals surface area (Å²) in [4.78, 5) is 10.6. The summed E-state index contributed by atoms with van der Waals surface area (Å²) in [5, 5.41) is 8.64. The van der Waals surface area contributed by atoms with Gasteiger partial charge in [-0.25, -0.2) is 4.79 Å². The average molecular weight is 288 g/mol. The lowest BCUT2D eigenvalue weighted by Crippen LogP contribution is -2.16. The second-order valence-electron chi connectivity index (χ2n) is 3.55. The van der Waals surface area contributed by atoms with Gasteiger partial charge < -0.3 is 19.0 Å². The van der Waals surface area contributed by atoms with Gasteiger partial charge in [0.05, 0.1) is 0 Å². The zero-order valence-electron chi connectivity index (χ0n) is 9.68. The number of aromatic carboxylic acids is 1. The van der Waals surface area contributed by atoms with Gasteiger partial charge in [0.15, 0.2) is 0 Å². The summed E-state index contributed by atoms with van der Waals surface area (Å²) in [7, 11) is 0. The maximum atomic E-state index is 11.9. The minimum absolute atomic E-state index is 0.0908. The number of ether oxygens (including phenoxy) is 2. The Morgan fingerprint density at radius 1 is 1.05 bits per heavy atom. The predicted molar refractivity (Wildman–Crippen MR) is 58.9 cm³/mol. The van der Waals surface area contributed by atoms with E-state index in [1.807, 2.05) is 0 Å². The van der Waals surface area contributed by atoms with Crippen LogP contribution in [0.1, 0.15) is 10.6 Å². The molecular weight excluding hydrogens is 281 g/mol. The largest absolute Gasteiger partial charge is 0.573 e. The van der Waals surface area contributed by atoms with Gasteiger partial charge in [0.2, 0.25) is 5.76 Å². The Morgan fingerprint density at radius 3 is 2.15 bits per heavy atom. The Kier molecular flexibility index (Phi) is 3.55. The first-order valence-electron chi connectivity index (χ1n) is 5.20. The Labute approximate surface area is 110 Å². The van der Waals surface area contributed by atoms with Crippen LogP contribution in [0.2, 0.25) is 0 Å². The van der Waals surface area contributed by atoms with E-state index in [4.69, 9.17) is 14.3 Å². The molecule has 106 valence electrons. The van der Waals surface area contributed by atoms with Crippen molar-refractivity contribution in [2.45, 2.75) is 6.36 Å². The van der Waals surface area contributed by atoms with Crippen molar-refractivity contribution in [3.8, 4) is 17.4 Å². The third-order valence-corrected chi connectivity index (χ3v) is 2.07. The lowest BCUT2D eigenvalue weighted by Gasteiger charge is -2.09. The molecule has 1 aromatic carbocycles. The molecule has 2 aromatic rings. The molecule has 0 aliphatic heterocycles. The van der Waals surface area contributed by atoms with Gasteiger partial charge in [-0.1, -0.05) is 0 Å². The monoisotopic (exact) mass is 288 g/mol. The molecule has 0 unspecified atom stereocenters. The van der Waals surface area contributed by atoms with E-state index in [-0.39, 0.29) is 17.5 Å². The van der Waals surface area contributed by atoms with E-state index in [0.29, 0.717) is 0 Å². The highest BCUT2D eigenvalue weighted by Gasteiger charge is 2.30. The molecule has 0 amide bonds. The molecule has 0 atom stereocenters. The van der Waals surface area contributed by atoms with Crippen molar-refractivity contribution in [3.63, 3.8) is 0 Å². The molecule has 0 aliphatic carbocycles. The van der Waals surface area contributed by atoms with Gasteiger partial charge in [-0.3, -0.25) is 0 Å². The topological polar surface area (TPSA) is 68.9 Å². The maximum Gasteiger partial charge on any atom is 0.573 e. The van der Waals surface area contributed by atoms with Gasteiger partial charge in [0, 0.05) is 6.07 Å². The number of alkyl halides is 3. The quantitative estimate of drug-likeness (QED) is 0.929. The van der Waals surface area contributed by atoms with Crippen LogP contribution in [0, 0.1) is 0 Å². The van der Waals surface area contributed by atoms with Crippen molar-refractivity contribution in [2.24, 2.45) is 0 Å². The van der Waals surface area contributed by atoms with Crippen molar-refractivity contribution in [1.82, 2.24) is 0 Å². The molecular formula is C12H7F3O5. The standard InChI is InChI=1S/C12H7F3O5/c13-12(14,15)20-8-3-1-7(2-4-8)18-10-6-5-9(19-10)11(16)17/h1-6H,(H,16,17). The van der Waals surface area contributed by atoms with Crippen molar-refractivity contribution < 1.29 is 37.0 Å². The van der Waals surface area contributed by atoms with Crippen LogP contribution in [0.5, 0.6) is 17.4 Å². The molecule has 1 heterocycles. The second kappa shape index (κ2) is 5.16. The number of hydrogen-bond acceptors (Lipinski definition) is 4. The van der Waals surface area contributed by atoms with Crippen molar-refractivity contribution in [3.05, 3.63) is 42.2 Å². The van der Waals surface area contributed by atoms with E-state index in [2.05, 4.69) is 4.74 Å². The second-order valence-corrected chi connectivity index (χ2v) is 3.55. The molecule has 0 fully saturated rings. The Bertz CT molecular complexity index is 600. The first-order valence-corrected chi connectivity index (χ1v) is 5.20. The number of benzene rings is 1. The zero-order valence-corrected chi connectivity index (χ0v) is 9.68. The molecule has 0 bridgehead atoms. The molecule has 0 saturated heterocycles. The molecule has 0 saturated carbocycles. The summed E-state index contributed by atoms with van der Waals surface area (Å²) in [5.41, 5.74) is 0. The number of rotatable bonds is 4. The number of furan rings is 1. The highest BCUT2D eigenvalue weighted by atomic mass is 19.4. The summed E-state index contributed by atoms with van der Waals surface area (Å²) < 4.78 is 49.5. The molecule has 8 heteroatoms. The van der Waals surface area contributed by atoms with Crippen LogP contribution in [0.4, 0.5) is 13.2 Å². The number of halogens is 3. The summed E-state index contributed by atoms with van der Waals surface area (Å²) in [6, 6.07) is 7.05. The summed E-state index contributed by atoms with van der Waals surface area (Å²) >= 11 is 0. The van der Waals surface area contributed by atoms with E-state index in [1.54, 1.807) is 0 Å². The lowest BCUT2D eigenvalue weighted by atomic mass is 10.3. The fourth-order valence-corrected chi connectivity index (χ4v) is 1.32. The molecule has 0 aliphatic rings. The normalized spacial score (nSPS) is 11.2. The molecule has 1 N–H and O–H groups in total. The highest BCUT2D eigenvalue weighted by Crippen LogP contribution is 2.28. The van der Waals surface area contributed by atoms with Crippen LogP contribution in [0.25, 0.3) is 0 Å². The van der Waals surface area contributed by atoms with Crippen LogP contribution in [-0.2, 0) is 0 Å². The molecule has 0 spiro atoms. The van der Waals surface area contributed by atoms with Crippen LogP contribution in [0.3, 0.4) is 0 Å². The summed E-state index contributed by atoms with van der Waals surface area (Å²) in [5.74, 6) is -1.88. The van der Waals surface area contributed by atoms with Gasteiger partial charge in [-0.15, -0.1) is 13.2 Å². The van der Waals surface area contributed by atoms with Crippen LogP contribution in [-0.4, -0.2) is 17.4 Å². The van der Waals surface area contributed by atoms with Gasteiger partial charge in [-0.2, -0.15) is 0 Å². The number of carboxylic acid groups (broad SMARTS) is 1. The fraction of sp³-hybridized carbons (Fsp3) is 0.0833.